The molecule has 0 saturated heterocycles. The first kappa shape index (κ1) is 25.1. The maximum absolute atomic E-state index is 10.4. The molecule has 196 valence electrons. The molecule has 0 amide bonds. The predicted octanol–water partition coefficient (Wildman–Crippen LogP) is 7.46. The minimum Gasteiger partial charge on any atom is -0.517 e. The zero-order valence-electron chi connectivity index (χ0n) is 21.4. The van der Waals surface area contributed by atoms with Gasteiger partial charge in [0.25, 0.3) is 0 Å². The number of aromatic hydroxyl groups is 1. The Morgan fingerprint density at radius 2 is 1.77 bits per heavy atom. The van der Waals surface area contributed by atoms with E-state index in [-0.39, 0.29) is 32.2 Å². The van der Waals surface area contributed by atoms with Gasteiger partial charge in [0, 0.05) is 44.1 Å². The summed E-state index contributed by atoms with van der Waals surface area (Å²) in [7, 11) is 0. The summed E-state index contributed by atoms with van der Waals surface area (Å²) in [4.78, 5) is 14.0. The van der Waals surface area contributed by atoms with Crippen LogP contribution < -0.4 is 4.74 Å². The van der Waals surface area contributed by atoms with E-state index in [0.717, 1.165) is 27.5 Å². The van der Waals surface area contributed by atoms with Crippen LogP contribution in [0.25, 0.3) is 49.8 Å². The zero-order chi connectivity index (χ0) is 26.0. The minimum atomic E-state index is -0.166. The van der Waals surface area contributed by atoms with Crippen molar-refractivity contribution >= 4 is 44.0 Å². The van der Waals surface area contributed by atoms with Crippen LogP contribution in [0.2, 0.25) is 0 Å². The molecule has 7 aromatic rings. The molecule has 39 heavy (non-hydrogen) atoms. The van der Waals surface area contributed by atoms with Gasteiger partial charge in [-0.25, -0.2) is 4.98 Å². The zero-order valence-corrected chi connectivity index (χ0v) is 23.6. The Morgan fingerprint density at radius 1 is 0.949 bits per heavy atom. The average molecular weight is 695 g/mol. The quantitative estimate of drug-likeness (QED) is 0.193. The van der Waals surface area contributed by atoms with E-state index in [2.05, 4.69) is 60.7 Å². The molecule has 7 rings (SSSR count). The summed E-state index contributed by atoms with van der Waals surface area (Å²) in [5.74, 6) is 1.58. The molecule has 0 atom stereocenters. The summed E-state index contributed by atoms with van der Waals surface area (Å²) in [5, 5.41) is 13.7. The van der Waals surface area contributed by atoms with Gasteiger partial charge in [0.1, 0.15) is 17.2 Å². The number of furan rings is 1. The Balaban J connectivity index is 0.00000277. The molecule has 0 radical (unpaired) electrons. The number of fused-ring (bicyclic) bond motifs is 6. The van der Waals surface area contributed by atoms with Crippen molar-refractivity contribution in [2.45, 2.75) is 26.2 Å². The average Bonchev–Trinajstić information content (AvgIpc) is 3.44. The molecule has 0 aliphatic heterocycles. The fourth-order valence-electron chi connectivity index (χ4n) is 4.88. The summed E-state index contributed by atoms with van der Waals surface area (Å²) in [6.45, 7) is 6.46. The molecule has 5 aromatic heterocycles. The van der Waals surface area contributed by atoms with E-state index in [1.807, 2.05) is 24.3 Å². The molecule has 8 heteroatoms. The number of pyridine rings is 3. The van der Waals surface area contributed by atoms with E-state index in [4.69, 9.17) is 19.1 Å². The molecule has 1 N–H and O–H groups in total. The monoisotopic (exact) mass is 694 g/mol. The fraction of sp³-hybridized carbons (Fsp3) is 0.129. The van der Waals surface area contributed by atoms with E-state index in [0.29, 0.717) is 39.5 Å². The van der Waals surface area contributed by atoms with Gasteiger partial charge in [-0.2, -0.15) is 4.98 Å². The number of hydrogen-bond donors (Lipinski definition) is 1. The number of benzene rings is 2. The summed E-state index contributed by atoms with van der Waals surface area (Å²) >= 11 is 0. The van der Waals surface area contributed by atoms with E-state index >= 15 is 0 Å². The van der Waals surface area contributed by atoms with Gasteiger partial charge in [-0.1, -0.05) is 56.5 Å². The number of phenols is 1. The van der Waals surface area contributed by atoms with Gasteiger partial charge in [-0.3, -0.25) is 4.57 Å². The Morgan fingerprint density at radius 3 is 2.62 bits per heavy atom. The maximum Gasteiger partial charge on any atom is 0.219 e. The third-order valence-electron chi connectivity index (χ3n) is 6.75. The van der Waals surface area contributed by atoms with Crippen LogP contribution in [0.5, 0.6) is 17.4 Å². The van der Waals surface area contributed by atoms with Gasteiger partial charge in [0.15, 0.2) is 0 Å². The van der Waals surface area contributed by atoms with Crippen molar-refractivity contribution in [3.8, 4) is 23.2 Å². The predicted molar refractivity (Wildman–Crippen MR) is 147 cm³/mol. The van der Waals surface area contributed by atoms with Crippen LogP contribution in [0.15, 0.2) is 83.5 Å². The van der Waals surface area contributed by atoms with Crippen LogP contribution >= 0.6 is 0 Å². The summed E-state index contributed by atoms with van der Waals surface area (Å²) in [6, 6.07) is 24.6. The molecule has 5 heterocycles. The molecule has 0 saturated carbocycles. The topological polar surface area (TPSA) is 86.2 Å². The third kappa shape index (κ3) is 4.14. The van der Waals surface area contributed by atoms with Crippen LogP contribution in [0.3, 0.4) is 0 Å². The molecule has 0 fully saturated rings. The van der Waals surface area contributed by atoms with Crippen LogP contribution in [0, 0.1) is 6.07 Å². The summed E-state index contributed by atoms with van der Waals surface area (Å²) in [5.41, 5.74) is 3.64. The number of phenolic OH excluding ortho intramolecular Hbond substituents is 1. The van der Waals surface area contributed by atoms with E-state index in [1.54, 1.807) is 30.6 Å². The van der Waals surface area contributed by atoms with E-state index in [1.165, 1.54) is 0 Å². The second kappa shape index (κ2) is 9.21. The van der Waals surface area contributed by atoms with E-state index < -0.39 is 0 Å². The number of nitrogens with zero attached hydrogens (tertiary/aromatic N) is 4. The third-order valence-corrected chi connectivity index (χ3v) is 6.75. The van der Waals surface area contributed by atoms with Crippen molar-refractivity contribution < 1.29 is 35.3 Å². The Bertz CT molecular complexity index is 1970. The molecule has 2 aromatic carbocycles. The van der Waals surface area contributed by atoms with Gasteiger partial charge < -0.3 is 19.2 Å². The van der Waals surface area contributed by atoms with Crippen LogP contribution in [-0.2, 0) is 26.5 Å². The Labute approximate surface area is 238 Å². The Kier molecular flexibility index (Phi) is 5.92. The van der Waals surface area contributed by atoms with Crippen molar-refractivity contribution in [3.63, 3.8) is 0 Å². The van der Waals surface area contributed by atoms with Gasteiger partial charge in [-0.15, -0.1) is 0 Å². The first-order valence-electron chi connectivity index (χ1n) is 12.3. The summed E-state index contributed by atoms with van der Waals surface area (Å²) < 4.78 is 14.1. The molecule has 0 aliphatic carbocycles. The molecule has 0 spiro atoms. The van der Waals surface area contributed by atoms with Crippen molar-refractivity contribution in [2.75, 3.05) is 0 Å². The number of aromatic nitrogens is 4. The maximum atomic E-state index is 10.4. The minimum absolute atomic E-state index is 0. The first-order chi connectivity index (χ1) is 18.4. The van der Waals surface area contributed by atoms with Gasteiger partial charge in [0.05, 0.1) is 22.6 Å². The molecule has 0 bridgehead atoms. The van der Waals surface area contributed by atoms with E-state index in [9.17, 15) is 5.11 Å². The summed E-state index contributed by atoms with van der Waals surface area (Å²) in [6.07, 6.45) is 3.35. The van der Waals surface area contributed by atoms with Crippen molar-refractivity contribution in [1.29, 1.82) is 0 Å². The molecule has 0 aliphatic rings. The van der Waals surface area contributed by atoms with Crippen molar-refractivity contribution in [2.24, 2.45) is 0 Å². The molecule has 7 nitrogen and oxygen atoms in total. The number of ether oxygens (including phenoxy) is 1. The van der Waals surface area contributed by atoms with Crippen LogP contribution in [0.4, 0.5) is 0 Å². The molecular formula is C31H23N4O3Pt-. The number of para-hydroxylation sites is 1. The van der Waals surface area contributed by atoms with Crippen molar-refractivity contribution in [3.05, 3.63) is 90.8 Å². The second-order valence-corrected chi connectivity index (χ2v) is 10.3. The van der Waals surface area contributed by atoms with Gasteiger partial charge in [0.2, 0.25) is 5.88 Å². The fourth-order valence-corrected chi connectivity index (χ4v) is 4.88. The van der Waals surface area contributed by atoms with Gasteiger partial charge in [-0.05, 0) is 59.0 Å². The standard InChI is InChI=1S/C31H23N4O3.Pt/c1-31(2,3)18-14-26(35-23-10-5-4-8-20(23)21-9-7-13-32-29(21)35)34-27(15-18)37-19-16-22-28-24(36)11-6-12-25(28)38-30(22)33-17-19;/h4-15,17,36H,1-3H3;/q-1;. The molecular weight excluding hydrogens is 671 g/mol. The first-order valence-corrected chi connectivity index (χ1v) is 12.3. The number of hydrogen-bond acceptors (Lipinski definition) is 6. The SMILES string of the molecule is CC(C)(C)c1cc(Oc2[c-]c3c(nc2)oc2cccc(O)c23)nc(-n2c3ccccc3c3cccnc32)c1.[Pt]. The molecule has 0 unspecified atom stereocenters. The second-order valence-electron chi connectivity index (χ2n) is 10.3. The van der Waals surface area contributed by atoms with Crippen molar-refractivity contribution in [1.82, 2.24) is 19.5 Å². The van der Waals surface area contributed by atoms with Crippen LogP contribution in [-0.4, -0.2) is 24.6 Å². The largest absolute Gasteiger partial charge is 0.517 e. The number of rotatable bonds is 3. The Hall–Kier alpha value is -4.22. The van der Waals surface area contributed by atoms with Crippen LogP contribution in [0.1, 0.15) is 26.3 Å². The normalized spacial score (nSPS) is 11.9. The van der Waals surface area contributed by atoms with Gasteiger partial charge >= 0.3 is 0 Å². The smallest absolute Gasteiger partial charge is 0.219 e.